The highest BCUT2D eigenvalue weighted by atomic mass is 16.4. The van der Waals surface area contributed by atoms with Crippen molar-refractivity contribution in [3.63, 3.8) is 0 Å². The molecule has 4 N–H and O–H groups in total. The molecule has 0 saturated heterocycles. The van der Waals surface area contributed by atoms with Crippen LogP contribution in [0.15, 0.2) is 24.3 Å². The van der Waals surface area contributed by atoms with Gasteiger partial charge in [-0.3, -0.25) is 9.59 Å². The Bertz CT molecular complexity index is 446. The van der Waals surface area contributed by atoms with Crippen LogP contribution in [-0.4, -0.2) is 23.0 Å². The summed E-state index contributed by atoms with van der Waals surface area (Å²) in [6, 6.07) is 6.65. The summed E-state index contributed by atoms with van der Waals surface area (Å²) in [5.74, 6) is -1.09. The molecule has 0 fully saturated rings. The molecule has 1 amide bonds. The number of carbonyl (C=O) groups excluding carboxylic acids is 1. The molecule has 19 heavy (non-hydrogen) atoms. The van der Waals surface area contributed by atoms with E-state index in [4.69, 9.17) is 10.8 Å². The van der Waals surface area contributed by atoms with Crippen LogP contribution in [0.4, 0.5) is 5.69 Å². The van der Waals surface area contributed by atoms with Crippen molar-refractivity contribution in [2.45, 2.75) is 38.6 Å². The number of aliphatic carboxylic acids is 1. The van der Waals surface area contributed by atoms with Gasteiger partial charge < -0.3 is 16.2 Å². The van der Waals surface area contributed by atoms with Gasteiger partial charge in [0.2, 0.25) is 5.91 Å². The number of hydrogen-bond acceptors (Lipinski definition) is 3. The Morgan fingerprint density at radius 1 is 1.37 bits per heavy atom. The fraction of sp³-hybridized carbons (Fsp3) is 0.429. The molecular weight excluding hydrogens is 244 g/mol. The van der Waals surface area contributed by atoms with Crippen LogP contribution in [0.2, 0.25) is 0 Å². The fourth-order valence-corrected chi connectivity index (χ4v) is 1.77. The number of amides is 1. The van der Waals surface area contributed by atoms with Crippen molar-refractivity contribution in [2.24, 2.45) is 5.73 Å². The van der Waals surface area contributed by atoms with Gasteiger partial charge in [0.05, 0.1) is 6.04 Å². The smallest absolute Gasteiger partial charge is 0.303 e. The Morgan fingerprint density at radius 2 is 2.05 bits per heavy atom. The van der Waals surface area contributed by atoms with E-state index in [9.17, 15) is 9.59 Å². The van der Waals surface area contributed by atoms with Gasteiger partial charge in [0.15, 0.2) is 0 Å². The molecule has 1 aromatic carbocycles. The molecule has 1 aromatic rings. The average molecular weight is 264 g/mol. The number of aryl methyl sites for hydroxylation is 1. The van der Waals surface area contributed by atoms with E-state index in [1.54, 1.807) is 12.1 Å². The number of carboxylic acid groups (broad SMARTS) is 1. The Kier molecular flexibility index (Phi) is 6.02. The lowest BCUT2D eigenvalue weighted by atomic mass is 10.1. The van der Waals surface area contributed by atoms with Gasteiger partial charge in [0.1, 0.15) is 0 Å². The lowest BCUT2D eigenvalue weighted by Gasteiger charge is -2.14. The van der Waals surface area contributed by atoms with E-state index in [0.717, 1.165) is 12.0 Å². The summed E-state index contributed by atoms with van der Waals surface area (Å²) < 4.78 is 0. The van der Waals surface area contributed by atoms with Crippen molar-refractivity contribution in [2.75, 3.05) is 5.32 Å². The van der Waals surface area contributed by atoms with Gasteiger partial charge >= 0.3 is 5.97 Å². The summed E-state index contributed by atoms with van der Waals surface area (Å²) in [4.78, 5) is 22.4. The molecule has 0 aliphatic heterocycles. The third-order valence-electron chi connectivity index (χ3n) is 2.82. The predicted molar refractivity (Wildman–Crippen MR) is 73.9 cm³/mol. The maximum atomic E-state index is 11.8. The number of para-hydroxylation sites is 1. The molecule has 5 nitrogen and oxygen atoms in total. The zero-order chi connectivity index (χ0) is 14.3. The lowest BCUT2D eigenvalue weighted by Crippen LogP contribution is -2.35. The Hall–Kier alpha value is -1.88. The minimum atomic E-state index is -0.858. The van der Waals surface area contributed by atoms with E-state index in [2.05, 4.69) is 5.32 Å². The normalized spacial score (nSPS) is 11.9. The third kappa shape index (κ3) is 5.09. The number of anilines is 1. The first kappa shape index (κ1) is 15.2. The largest absolute Gasteiger partial charge is 0.481 e. The highest BCUT2D eigenvalue weighted by molar-refractivity contribution is 5.95. The SMILES string of the molecule is CCC[C@@H](N)C(=O)Nc1ccccc1CCC(=O)O. The van der Waals surface area contributed by atoms with Crippen LogP contribution < -0.4 is 11.1 Å². The molecule has 0 spiro atoms. The molecule has 0 unspecified atom stereocenters. The van der Waals surface area contributed by atoms with Gasteiger partial charge in [-0.1, -0.05) is 31.5 Å². The van der Waals surface area contributed by atoms with Crippen molar-refractivity contribution in [1.29, 1.82) is 0 Å². The predicted octanol–water partition coefficient (Wildman–Crippen LogP) is 1.77. The monoisotopic (exact) mass is 264 g/mol. The second-order valence-electron chi connectivity index (χ2n) is 4.44. The van der Waals surface area contributed by atoms with E-state index >= 15 is 0 Å². The first-order valence-corrected chi connectivity index (χ1v) is 6.40. The molecule has 0 aliphatic carbocycles. The number of carboxylic acids is 1. The van der Waals surface area contributed by atoms with Crippen LogP contribution in [0.25, 0.3) is 0 Å². The van der Waals surface area contributed by atoms with Crippen molar-refractivity contribution in [1.82, 2.24) is 0 Å². The van der Waals surface area contributed by atoms with Crippen molar-refractivity contribution in [3.05, 3.63) is 29.8 Å². The van der Waals surface area contributed by atoms with Crippen molar-refractivity contribution < 1.29 is 14.7 Å². The zero-order valence-electron chi connectivity index (χ0n) is 11.1. The summed E-state index contributed by atoms with van der Waals surface area (Å²) in [6.45, 7) is 1.97. The van der Waals surface area contributed by atoms with Gasteiger partial charge in [-0.15, -0.1) is 0 Å². The van der Waals surface area contributed by atoms with Gasteiger partial charge in [-0.2, -0.15) is 0 Å². The topological polar surface area (TPSA) is 92.4 Å². The zero-order valence-corrected chi connectivity index (χ0v) is 11.1. The number of carbonyl (C=O) groups is 2. The third-order valence-corrected chi connectivity index (χ3v) is 2.82. The Balaban J connectivity index is 2.71. The first-order chi connectivity index (χ1) is 9.04. The fourth-order valence-electron chi connectivity index (χ4n) is 1.77. The molecule has 0 aliphatic rings. The molecule has 0 radical (unpaired) electrons. The summed E-state index contributed by atoms with van der Waals surface area (Å²) in [5.41, 5.74) is 7.19. The quantitative estimate of drug-likeness (QED) is 0.699. The minimum absolute atomic E-state index is 0.0356. The maximum absolute atomic E-state index is 11.8. The Morgan fingerprint density at radius 3 is 2.68 bits per heavy atom. The summed E-state index contributed by atoms with van der Waals surface area (Å²) in [6.07, 6.45) is 1.89. The molecule has 5 heteroatoms. The van der Waals surface area contributed by atoms with Crippen LogP contribution in [0.3, 0.4) is 0 Å². The van der Waals surface area contributed by atoms with Crippen LogP contribution >= 0.6 is 0 Å². The van der Waals surface area contributed by atoms with Gasteiger partial charge in [-0.25, -0.2) is 0 Å². The first-order valence-electron chi connectivity index (χ1n) is 6.40. The molecule has 1 atom stereocenters. The van der Waals surface area contributed by atoms with Crippen molar-refractivity contribution in [3.8, 4) is 0 Å². The molecular formula is C14H20N2O3. The molecule has 1 rings (SSSR count). The average Bonchev–Trinajstić information content (AvgIpc) is 2.37. The molecule has 0 heterocycles. The molecule has 104 valence electrons. The maximum Gasteiger partial charge on any atom is 0.303 e. The summed E-state index contributed by atoms with van der Waals surface area (Å²) in [5, 5.41) is 11.5. The number of benzene rings is 1. The van der Waals surface area contributed by atoms with Crippen LogP contribution in [0.5, 0.6) is 0 Å². The molecule has 0 aromatic heterocycles. The molecule has 0 saturated carbocycles. The Labute approximate surface area is 112 Å². The molecule has 0 bridgehead atoms. The highest BCUT2D eigenvalue weighted by Gasteiger charge is 2.14. The van der Waals surface area contributed by atoms with Crippen molar-refractivity contribution >= 4 is 17.6 Å². The van der Waals surface area contributed by atoms with Crippen LogP contribution in [-0.2, 0) is 16.0 Å². The van der Waals surface area contributed by atoms with Gasteiger partial charge in [-0.05, 0) is 24.5 Å². The van der Waals surface area contributed by atoms with E-state index in [1.807, 2.05) is 19.1 Å². The number of rotatable bonds is 7. The lowest BCUT2D eigenvalue weighted by molar-refractivity contribution is -0.136. The summed E-state index contributed by atoms with van der Waals surface area (Å²) >= 11 is 0. The van der Waals surface area contributed by atoms with E-state index in [0.29, 0.717) is 18.5 Å². The van der Waals surface area contributed by atoms with E-state index in [-0.39, 0.29) is 12.3 Å². The standard InChI is InChI=1S/C14H20N2O3/c1-2-5-11(15)14(19)16-12-7-4-3-6-10(12)8-9-13(17)18/h3-4,6-7,11H,2,5,8-9,15H2,1H3,(H,16,19)(H,17,18)/t11-/m1/s1. The number of nitrogens with two attached hydrogens (primary N) is 1. The van der Waals surface area contributed by atoms with Crippen LogP contribution in [0.1, 0.15) is 31.7 Å². The summed E-state index contributed by atoms with van der Waals surface area (Å²) in [7, 11) is 0. The second kappa shape index (κ2) is 7.53. The van der Waals surface area contributed by atoms with E-state index < -0.39 is 12.0 Å². The minimum Gasteiger partial charge on any atom is -0.481 e. The van der Waals surface area contributed by atoms with Gasteiger partial charge in [0, 0.05) is 12.1 Å². The van der Waals surface area contributed by atoms with E-state index in [1.165, 1.54) is 0 Å². The van der Waals surface area contributed by atoms with Gasteiger partial charge in [0.25, 0.3) is 0 Å². The van der Waals surface area contributed by atoms with Crippen LogP contribution in [0, 0.1) is 0 Å². The number of hydrogen-bond donors (Lipinski definition) is 3. The number of nitrogens with one attached hydrogen (secondary N) is 1. The highest BCUT2D eigenvalue weighted by Crippen LogP contribution is 2.17. The second-order valence-corrected chi connectivity index (χ2v) is 4.44.